The maximum atomic E-state index is 12.0. The van der Waals surface area contributed by atoms with Gasteiger partial charge in [0.2, 0.25) is 0 Å². The van der Waals surface area contributed by atoms with Crippen molar-refractivity contribution < 1.29 is 23.5 Å². The van der Waals surface area contributed by atoms with E-state index in [1.165, 1.54) is 6.42 Å². The lowest BCUT2D eigenvalue weighted by molar-refractivity contribution is 0.0367. The molecule has 39 heavy (non-hydrogen) atoms. The number of fused-ring (bicyclic) bond motifs is 1. The van der Waals surface area contributed by atoms with Crippen LogP contribution in [0.2, 0.25) is 0 Å². The first-order valence-electron chi connectivity index (χ1n) is 12.8. The summed E-state index contributed by atoms with van der Waals surface area (Å²) in [6.07, 6.45) is 3.11. The van der Waals surface area contributed by atoms with Crippen molar-refractivity contribution in [2.24, 2.45) is 35.0 Å². The smallest absolute Gasteiger partial charge is 0.343 e. The average molecular weight is 668 g/mol. The number of halogens is 3. The van der Waals surface area contributed by atoms with Crippen LogP contribution in [0.3, 0.4) is 0 Å². The number of hydrogen-bond acceptors (Lipinski definition) is 9. The highest BCUT2D eigenvalue weighted by molar-refractivity contribution is 8.24. The summed E-state index contributed by atoms with van der Waals surface area (Å²) < 4.78 is 33.4. The van der Waals surface area contributed by atoms with Gasteiger partial charge in [0.05, 0.1) is 6.61 Å². The monoisotopic (exact) mass is 666 g/mol. The van der Waals surface area contributed by atoms with Crippen LogP contribution in [-0.4, -0.2) is 88.6 Å². The standard InChI is InChI=1S/C7H15N2O2P.C7H18N2O.C4H12N2.C3H6O.2CH4.Cl3OP/c1-7-5-8-12(10)9(6-7)3-2-4-11-12;1-7(5-8)6-9-3-2-4-10;1-4(2-5)3-6;1-2-4-3-1;;;1-5(2,3)4/h7H,2-6H2,1H3,(H,8,10);7,9-10H,2-6,8H2,1H3;4H,2-3,5-6H2,1H3;1-3H2;2*1H4;. The molecular formula is C23H59Cl3N6O5P2. The SMILES string of the molecule is C.C.C1COC1.CC(CN)CN.CC(CN)CNCCCO.CC1CNP2(=O)OCCCN2C1.O=P(Cl)(Cl)Cl. The number of nitrogens with one attached hydrogen (secondary N) is 2. The Morgan fingerprint density at radius 2 is 1.56 bits per heavy atom. The topological polar surface area (TPSA) is 178 Å². The summed E-state index contributed by atoms with van der Waals surface area (Å²) in [6, 6.07) is 0. The molecule has 0 amide bonds. The van der Waals surface area contributed by atoms with Crippen LogP contribution in [0.5, 0.6) is 0 Å². The molecule has 3 aliphatic rings. The fourth-order valence-corrected chi connectivity index (χ4v) is 4.84. The van der Waals surface area contributed by atoms with Crippen LogP contribution in [0.4, 0.5) is 0 Å². The molecule has 0 aromatic rings. The zero-order valence-electron chi connectivity index (χ0n) is 22.6. The van der Waals surface area contributed by atoms with Crippen LogP contribution in [-0.2, 0) is 18.4 Å². The molecule has 0 aromatic heterocycles. The normalized spacial score (nSPS) is 22.5. The zero-order valence-corrected chi connectivity index (χ0v) is 26.7. The highest BCUT2D eigenvalue weighted by Gasteiger charge is 2.38. The molecule has 3 heterocycles. The predicted molar refractivity (Wildman–Crippen MR) is 171 cm³/mol. The fourth-order valence-electron chi connectivity index (χ4n) is 2.57. The van der Waals surface area contributed by atoms with Gasteiger partial charge in [0, 0.05) is 39.5 Å². The fraction of sp³-hybridized carbons (Fsp3) is 1.00. The van der Waals surface area contributed by atoms with Crippen LogP contribution in [0, 0.1) is 17.8 Å². The van der Waals surface area contributed by atoms with Gasteiger partial charge in [-0.2, -0.15) is 0 Å². The van der Waals surface area contributed by atoms with Crippen LogP contribution in [0.15, 0.2) is 0 Å². The summed E-state index contributed by atoms with van der Waals surface area (Å²) >= 11 is 13.8. The van der Waals surface area contributed by atoms with E-state index >= 15 is 0 Å². The quantitative estimate of drug-likeness (QED) is 0.157. The van der Waals surface area contributed by atoms with Gasteiger partial charge in [-0.25, -0.2) is 9.76 Å². The number of hydrogen-bond donors (Lipinski definition) is 6. The van der Waals surface area contributed by atoms with E-state index in [0.717, 1.165) is 65.3 Å². The number of ether oxygens (including phenoxy) is 1. The lowest BCUT2D eigenvalue weighted by Gasteiger charge is -2.40. The van der Waals surface area contributed by atoms with Gasteiger partial charge in [-0.3, -0.25) is 9.13 Å². The summed E-state index contributed by atoms with van der Waals surface area (Å²) in [7, 11) is -2.57. The summed E-state index contributed by atoms with van der Waals surface area (Å²) in [5, 5.41) is 11.4. The largest absolute Gasteiger partial charge is 0.396 e. The molecule has 0 bridgehead atoms. The summed E-state index contributed by atoms with van der Waals surface area (Å²) in [5.74, 6) is 1.61. The predicted octanol–water partition coefficient (Wildman–Crippen LogP) is 4.64. The molecule has 3 aliphatic heterocycles. The molecule has 3 unspecified atom stereocenters. The van der Waals surface area contributed by atoms with Crippen molar-refractivity contribution in [2.45, 2.75) is 54.9 Å². The maximum absolute atomic E-state index is 12.0. The molecule has 3 saturated heterocycles. The number of aliphatic hydroxyl groups excluding tert-OH is 1. The maximum Gasteiger partial charge on any atom is 0.343 e. The van der Waals surface area contributed by atoms with Crippen molar-refractivity contribution in [1.82, 2.24) is 15.1 Å². The number of aliphatic hydroxyl groups is 1. The summed E-state index contributed by atoms with van der Waals surface area (Å²) in [4.78, 5) is 0. The molecule has 0 aliphatic carbocycles. The van der Waals surface area contributed by atoms with Crippen LogP contribution in [0.1, 0.15) is 54.9 Å². The minimum absolute atomic E-state index is 0. The molecule has 3 atom stereocenters. The Kier molecular flexibility index (Phi) is 35.0. The first-order valence-corrected chi connectivity index (χ1v) is 18.8. The highest BCUT2D eigenvalue weighted by Crippen LogP contribution is 2.61. The third-order valence-corrected chi connectivity index (χ3v) is 7.37. The van der Waals surface area contributed by atoms with E-state index in [4.69, 9.17) is 31.6 Å². The van der Waals surface area contributed by atoms with E-state index < -0.39 is 12.9 Å². The first kappa shape index (κ1) is 46.9. The summed E-state index contributed by atoms with van der Waals surface area (Å²) in [6.45, 7) is 15.8. The van der Waals surface area contributed by atoms with Crippen LogP contribution >= 0.6 is 46.6 Å². The van der Waals surface area contributed by atoms with Crippen molar-refractivity contribution >= 4 is 46.6 Å². The molecule has 0 saturated carbocycles. The second kappa shape index (κ2) is 29.1. The van der Waals surface area contributed by atoms with E-state index in [2.05, 4.69) is 58.0 Å². The van der Waals surface area contributed by atoms with Gasteiger partial charge in [-0.1, -0.05) is 35.6 Å². The average Bonchev–Trinajstić information content (AvgIpc) is 2.80. The van der Waals surface area contributed by atoms with Gasteiger partial charge < -0.3 is 36.9 Å². The molecule has 11 nitrogen and oxygen atoms in total. The van der Waals surface area contributed by atoms with Gasteiger partial charge in [-0.05, 0) is 103 Å². The Morgan fingerprint density at radius 3 is 1.95 bits per heavy atom. The van der Waals surface area contributed by atoms with Gasteiger partial charge >= 0.3 is 12.9 Å². The second-order valence-electron chi connectivity index (χ2n) is 9.15. The minimum atomic E-state index is -3.22. The molecule has 242 valence electrons. The van der Waals surface area contributed by atoms with Crippen LogP contribution in [0.25, 0.3) is 0 Å². The van der Waals surface area contributed by atoms with Gasteiger partial charge in [0.1, 0.15) is 0 Å². The second-order valence-corrected chi connectivity index (χ2v) is 18.0. The molecule has 3 rings (SSSR count). The Morgan fingerprint density at radius 1 is 1.08 bits per heavy atom. The highest BCUT2D eigenvalue weighted by atomic mass is 36.0. The van der Waals surface area contributed by atoms with Crippen molar-refractivity contribution in [2.75, 3.05) is 78.8 Å². The number of rotatable bonds is 8. The Balaban J connectivity index is -0.000000206. The molecule has 3 fully saturated rings. The van der Waals surface area contributed by atoms with Gasteiger partial charge in [-0.15, -0.1) is 0 Å². The number of nitrogens with zero attached hydrogens (tertiary/aromatic N) is 1. The van der Waals surface area contributed by atoms with Crippen molar-refractivity contribution in [3.63, 3.8) is 0 Å². The molecule has 0 radical (unpaired) electrons. The van der Waals surface area contributed by atoms with E-state index in [9.17, 15) is 9.13 Å². The minimum Gasteiger partial charge on any atom is -0.396 e. The van der Waals surface area contributed by atoms with Crippen molar-refractivity contribution in [3.05, 3.63) is 0 Å². The Labute approximate surface area is 253 Å². The third-order valence-electron chi connectivity index (χ3n) is 5.15. The van der Waals surface area contributed by atoms with E-state index in [-0.39, 0.29) is 21.5 Å². The summed E-state index contributed by atoms with van der Waals surface area (Å²) in [5.41, 5.74) is 15.8. The van der Waals surface area contributed by atoms with Crippen molar-refractivity contribution in [3.8, 4) is 0 Å². The van der Waals surface area contributed by atoms with Gasteiger partial charge in [0.25, 0.3) is 0 Å². The molecule has 0 aromatic carbocycles. The Hall–Kier alpha value is 0.970. The third kappa shape index (κ3) is 31.7. The lowest BCUT2D eigenvalue weighted by Crippen LogP contribution is -2.44. The van der Waals surface area contributed by atoms with Gasteiger partial charge in [0.15, 0.2) is 0 Å². The zero-order chi connectivity index (χ0) is 28.7. The Bertz CT molecular complexity index is 609. The molecule has 16 heteroatoms. The van der Waals surface area contributed by atoms with Crippen LogP contribution < -0.4 is 27.6 Å². The van der Waals surface area contributed by atoms with E-state index in [0.29, 0.717) is 37.5 Å². The number of nitrogens with two attached hydrogens (primary N) is 3. The molecule has 9 N–H and O–H groups in total. The molecular weight excluding hydrogens is 609 g/mol. The van der Waals surface area contributed by atoms with Crippen molar-refractivity contribution in [1.29, 1.82) is 0 Å². The first-order chi connectivity index (χ1) is 17.3. The van der Waals surface area contributed by atoms with E-state index in [1.807, 2.05) is 11.6 Å². The van der Waals surface area contributed by atoms with E-state index in [1.54, 1.807) is 0 Å². The lowest BCUT2D eigenvalue weighted by atomic mass is 10.2. The molecule has 0 spiro atoms.